The molecule has 0 aromatic rings. The zero-order chi connectivity index (χ0) is 12.8. The van der Waals surface area contributed by atoms with Gasteiger partial charge in [0.15, 0.2) is 0 Å². The Hall–Kier alpha value is -0.120. The molecule has 3 nitrogen and oxygen atoms in total. The van der Waals surface area contributed by atoms with E-state index in [2.05, 4.69) is 24.1 Å². The monoisotopic (exact) mass is 254 g/mol. The summed E-state index contributed by atoms with van der Waals surface area (Å²) in [5.41, 5.74) is 0. The average molecular weight is 254 g/mol. The summed E-state index contributed by atoms with van der Waals surface area (Å²) in [6.45, 7) is 9.01. The Morgan fingerprint density at radius 1 is 1.22 bits per heavy atom. The molecule has 2 rings (SSSR count). The molecule has 0 radical (unpaired) electrons. The molecular weight excluding hydrogens is 224 g/mol. The zero-order valence-electron chi connectivity index (χ0n) is 12.2. The number of piperidine rings is 1. The summed E-state index contributed by atoms with van der Waals surface area (Å²) in [5, 5.41) is 3.60. The predicted molar refractivity (Wildman–Crippen MR) is 75.9 cm³/mol. The first-order valence-corrected chi connectivity index (χ1v) is 7.90. The standard InChI is InChI=1S/C15H30N2O/c1-3-16-13(2)15-9-4-6-10-17(15)12-14-8-5-7-11-18-14/h13-16H,3-12H2,1-2H3. The molecule has 2 heterocycles. The number of hydrogen-bond donors (Lipinski definition) is 1. The van der Waals surface area contributed by atoms with Crippen molar-refractivity contribution in [3.05, 3.63) is 0 Å². The largest absolute Gasteiger partial charge is 0.377 e. The minimum absolute atomic E-state index is 0.494. The lowest BCUT2D eigenvalue weighted by Crippen LogP contribution is -2.53. The fourth-order valence-corrected chi connectivity index (χ4v) is 3.48. The summed E-state index contributed by atoms with van der Waals surface area (Å²) in [6.07, 6.45) is 8.47. The molecule has 0 saturated carbocycles. The Morgan fingerprint density at radius 3 is 2.78 bits per heavy atom. The summed E-state index contributed by atoms with van der Waals surface area (Å²) < 4.78 is 5.91. The van der Waals surface area contributed by atoms with Gasteiger partial charge in [-0.05, 0) is 52.1 Å². The van der Waals surface area contributed by atoms with Crippen molar-refractivity contribution >= 4 is 0 Å². The number of rotatable bonds is 5. The molecule has 0 aliphatic carbocycles. The summed E-state index contributed by atoms with van der Waals surface area (Å²) in [5.74, 6) is 0. The van der Waals surface area contributed by atoms with Crippen molar-refractivity contribution < 1.29 is 4.74 Å². The SMILES string of the molecule is CCNC(C)C1CCCCN1CC1CCCCO1. The van der Waals surface area contributed by atoms with Gasteiger partial charge in [-0.25, -0.2) is 0 Å². The molecular formula is C15H30N2O. The second-order valence-corrected chi connectivity index (χ2v) is 5.89. The summed E-state index contributed by atoms with van der Waals surface area (Å²) in [4.78, 5) is 2.69. The van der Waals surface area contributed by atoms with Gasteiger partial charge in [0.1, 0.15) is 0 Å². The van der Waals surface area contributed by atoms with Crippen molar-refractivity contribution in [1.29, 1.82) is 0 Å². The minimum atomic E-state index is 0.494. The molecule has 0 aromatic carbocycles. The van der Waals surface area contributed by atoms with Crippen molar-refractivity contribution in [2.24, 2.45) is 0 Å². The van der Waals surface area contributed by atoms with Crippen LogP contribution in [0.1, 0.15) is 52.4 Å². The smallest absolute Gasteiger partial charge is 0.0702 e. The van der Waals surface area contributed by atoms with Gasteiger partial charge in [-0.2, -0.15) is 0 Å². The first-order chi connectivity index (χ1) is 8.81. The maximum atomic E-state index is 5.91. The number of ether oxygens (including phenoxy) is 1. The van der Waals surface area contributed by atoms with Crippen LogP contribution in [0.2, 0.25) is 0 Å². The Bertz CT molecular complexity index is 229. The average Bonchev–Trinajstić information content (AvgIpc) is 2.41. The van der Waals surface area contributed by atoms with E-state index < -0.39 is 0 Å². The highest BCUT2D eigenvalue weighted by Gasteiger charge is 2.29. The molecule has 3 heteroatoms. The lowest BCUT2D eigenvalue weighted by Gasteiger charge is -2.41. The Labute approximate surface area is 112 Å². The second kappa shape index (κ2) is 7.46. The Morgan fingerprint density at radius 2 is 2.06 bits per heavy atom. The molecule has 2 aliphatic heterocycles. The molecule has 3 unspecified atom stereocenters. The predicted octanol–water partition coefficient (Wildman–Crippen LogP) is 2.41. The lowest BCUT2D eigenvalue weighted by molar-refractivity contribution is -0.0228. The van der Waals surface area contributed by atoms with Crippen LogP contribution < -0.4 is 5.32 Å². The summed E-state index contributed by atoms with van der Waals surface area (Å²) in [7, 11) is 0. The first kappa shape index (κ1) is 14.3. The zero-order valence-corrected chi connectivity index (χ0v) is 12.2. The van der Waals surface area contributed by atoms with Crippen molar-refractivity contribution in [3.63, 3.8) is 0 Å². The van der Waals surface area contributed by atoms with Gasteiger partial charge in [0, 0.05) is 25.2 Å². The quantitative estimate of drug-likeness (QED) is 0.815. The van der Waals surface area contributed by atoms with Crippen molar-refractivity contribution in [1.82, 2.24) is 10.2 Å². The van der Waals surface area contributed by atoms with Crippen molar-refractivity contribution in [2.45, 2.75) is 70.6 Å². The van der Waals surface area contributed by atoms with Gasteiger partial charge >= 0.3 is 0 Å². The van der Waals surface area contributed by atoms with Crippen LogP contribution in [0.5, 0.6) is 0 Å². The fraction of sp³-hybridized carbons (Fsp3) is 1.00. The van der Waals surface area contributed by atoms with E-state index in [-0.39, 0.29) is 0 Å². The molecule has 18 heavy (non-hydrogen) atoms. The number of likely N-dealkylation sites (N-methyl/N-ethyl adjacent to an activating group) is 1. The van der Waals surface area contributed by atoms with E-state index in [1.807, 2.05) is 0 Å². The third-order valence-electron chi connectivity index (χ3n) is 4.48. The van der Waals surface area contributed by atoms with Crippen LogP contribution in [-0.2, 0) is 4.74 Å². The molecule has 2 aliphatic rings. The highest BCUT2D eigenvalue weighted by atomic mass is 16.5. The highest BCUT2D eigenvalue weighted by Crippen LogP contribution is 2.22. The fourth-order valence-electron chi connectivity index (χ4n) is 3.48. The van der Waals surface area contributed by atoms with Gasteiger partial charge in [0.2, 0.25) is 0 Å². The van der Waals surface area contributed by atoms with Crippen LogP contribution in [0.4, 0.5) is 0 Å². The maximum absolute atomic E-state index is 5.91. The van der Waals surface area contributed by atoms with E-state index >= 15 is 0 Å². The van der Waals surface area contributed by atoms with E-state index in [1.165, 1.54) is 45.1 Å². The van der Waals surface area contributed by atoms with Crippen molar-refractivity contribution in [2.75, 3.05) is 26.2 Å². The Kier molecular flexibility index (Phi) is 5.93. The van der Waals surface area contributed by atoms with Crippen LogP contribution in [0.15, 0.2) is 0 Å². The molecule has 0 bridgehead atoms. The van der Waals surface area contributed by atoms with Gasteiger partial charge < -0.3 is 10.1 Å². The number of hydrogen-bond acceptors (Lipinski definition) is 3. The van der Waals surface area contributed by atoms with Gasteiger partial charge in [-0.1, -0.05) is 13.3 Å². The van der Waals surface area contributed by atoms with Crippen LogP contribution in [0, 0.1) is 0 Å². The number of nitrogens with zero attached hydrogens (tertiary/aromatic N) is 1. The van der Waals surface area contributed by atoms with Gasteiger partial charge in [0.25, 0.3) is 0 Å². The molecule has 0 amide bonds. The molecule has 3 atom stereocenters. The second-order valence-electron chi connectivity index (χ2n) is 5.89. The molecule has 0 spiro atoms. The third-order valence-corrected chi connectivity index (χ3v) is 4.48. The first-order valence-electron chi connectivity index (χ1n) is 7.90. The van der Waals surface area contributed by atoms with E-state index in [0.29, 0.717) is 18.2 Å². The number of likely N-dealkylation sites (tertiary alicyclic amines) is 1. The van der Waals surface area contributed by atoms with E-state index in [1.54, 1.807) is 0 Å². The molecule has 1 N–H and O–H groups in total. The van der Waals surface area contributed by atoms with Crippen molar-refractivity contribution in [3.8, 4) is 0 Å². The Balaban J connectivity index is 1.86. The van der Waals surface area contributed by atoms with E-state index in [0.717, 1.165) is 19.7 Å². The maximum Gasteiger partial charge on any atom is 0.0702 e. The third kappa shape index (κ3) is 3.94. The molecule has 106 valence electrons. The van der Waals surface area contributed by atoms with Crippen LogP contribution in [-0.4, -0.2) is 49.3 Å². The summed E-state index contributed by atoms with van der Waals surface area (Å²) in [6, 6.07) is 1.32. The van der Waals surface area contributed by atoms with E-state index in [4.69, 9.17) is 4.74 Å². The summed E-state index contributed by atoms with van der Waals surface area (Å²) >= 11 is 0. The van der Waals surface area contributed by atoms with Gasteiger partial charge in [-0.3, -0.25) is 4.90 Å². The van der Waals surface area contributed by atoms with E-state index in [9.17, 15) is 0 Å². The highest BCUT2D eigenvalue weighted by molar-refractivity contribution is 4.86. The number of nitrogens with one attached hydrogen (secondary N) is 1. The molecule has 2 fully saturated rings. The van der Waals surface area contributed by atoms with Crippen LogP contribution in [0.3, 0.4) is 0 Å². The molecule has 2 saturated heterocycles. The topological polar surface area (TPSA) is 24.5 Å². The van der Waals surface area contributed by atoms with Crippen LogP contribution >= 0.6 is 0 Å². The minimum Gasteiger partial charge on any atom is -0.377 e. The lowest BCUT2D eigenvalue weighted by atomic mass is 9.95. The van der Waals surface area contributed by atoms with Gasteiger partial charge in [0.05, 0.1) is 6.10 Å². The molecule has 0 aromatic heterocycles. The van der Waals surface area contributed by atoms with Gasteiger partial charge in [-0.15, -0.1) is 0 Å². The van der Waals surface area contributed by atoms with Crippen LogP contribution in [0.25, 0.3) is 0 Å². The normalized spacial score (nSPS) is 32.3.